The molecule has 0 spiro atoms. The van der Waals surface area contributed by atoms with Gasteiger partial charge in [0.1, 0.15) is 0 Å². The number of halogens is 1. The van der Waals surface area contributed by atoms with E-state index in [4.69, 9.17) is 0 Å². The van der Waals surface area contributed by atoms with Gasteiger partial charge in [-0.05, 0) is 39.5 Å². The van der Waals surface area contributed by atoms with Crippen molar-refractivity contribution in [2.24, 2.45) is 0 Å². The van der Waals surface area contributed by atoms with Crippen LogP contribution >= 0.6 is 12.4 Å². The van der Waals surface area contributed by atoms with Crippen molar-refractivity contribution in [1.29, 1.82) is 0 Å². The average molecular weight is 398 g/mol. The summed E-state index contributed by atoms with van der Waals surface area (Å²) in [6.45, 7) is 2.29. The molecular formula is C25H48ClN. The van der Waals surface area contributed by atoms with E-state index >= 15 is 0 Å². The summed E-state index contributed by atoms with van der Waals surface area (Å²) in [5, 5.41) is 0. The highest BCUT2D eigenvalue weighted by Gasteiger charge is 1.95. The Bertz CT molecular complexity index is 361. The van der Waals surface area contributed by atoms with Gasteiger partial charge in [-0.3, -0.25) is 0 Å². The summed E-state index contributed by atoms with van der Waals surface area (Å²) in [7, 11) is 6.00. The molecular weight excluding hydrogens is 350 g/mol. The third-order valence-electron chi connectivity index (χ3n) is 4.66. The van der Waals surface area contributed by atoms with Gasteiger partial charge in [0.05, 0.1) is 0 Å². The fourth-order valence-corrected chi connectivity index (χ4v) is 3.17. The number of unbranched alkanes of at least 4 members (excludes halogenated alkanes) is 13. The largest absolute Gasteiger partial charge is 0.312 e. The SMILES string of the molecule is CCCCCCCCCCCCCCCCc1ccccc1.CN(C)C.Cl. The molecule has 0 unspecified atom stereocenters. The maximum absolute atomic E-state index is 2.29. The number of nitrogens with zero attached hydrogens (tertiary/aromatic N) is 1. The lowest BCUT2D eigenvalue weighted by molar-refractivity contribution is 0.505. The average Bonchev–Trinajstić information content (AvgIpc) is 2.62. The van der Waals surface area contributed by atoms with Crippen molar-refractivity contribution in [3.8, 4) is 0 Å². The van der Waals surface area contributed by atoms with E-state index in [1.807, 2.05) is 26.0 Å². The molecule has 1 aromatic rings. The predicted molar refractivity (Wildman–Crippen MR) is 127 cm³/mol. The van der Waals surface area contributed by atoms with Gasteiger partial charge in [0.15, 0.2) is 0 Å². The lowest BCUT2D eigenvalue weighted by atomic mass is 10.0. The summed E-state index contributed by atoms with van der Waals surface area (Å²) in [4.78, 5) is 2.00. The van der Waals surface area contributed by atoms with Gasteiger partial charge in [0, 0.05) is 0 Å². The number of hydrogen-bond donors (Lipinski definition) is 0. The molecule has 0 N–H and O–H groups in total. The Balaban J connectivity index is 0. The molecule has 27 heavy (non-hydrogen) atoms. The Morgan fingerprint density at radius 1 is 0.556 bits per heavy atom. The first kappa shape index (κ1) is 28.7. The summed E-state index contributed by atoms with van der Waals surface area (Å²) < 4.78 is 0. The smallest absolute Gasteiger partial charge is 0.0140 e. The molecule has 160 valence electrons. The van der Waals surface area contributed by atoms with Gasteiger partial charge in [-0.1, -0.05) is 121 Å². The van der Waals surface area contributed by atoms with Gasteiger partial charge in [0.2, 0.25) is 0 Å². The predicted octanol–water partition coefficient (Wildman–Crippen LogP) is 8.31. The monoisotopic (exact) mass is 397 g/mol. The van der Waals surface area contributed by atoms with Crippen molar-refractivity contribution in [3.63, 3.8) is 0 Å². The quantitative estimate of drug-likeness (QED) is 0.269. The standard InChI is InChI=1S/C22H38.C3H9N.ClH/c1-2-3-4-5-6-7-8-9-10-11-12-13-14-16-19-22-20-17-15-18-21-22;1-4(2)3;/h15,17-18,20-21H,2-14,16,19H2,1H3;1-3H3;1H. The minimum atomic E-state index is 0. The molecule has 0 aromatic heterocycles. The van der Waals surface area contributed by atoms with Gasteiger partial charge in [-0.25, -0.2) is 0 Å². The molecule has 1 rings (SSSR count). The second-order valence-corrected chi connectivity index (χ2v) is 8.17. The number of benzene rings is 1. The fraction of sp³-hybridized carbons (Fsp3) is 0.760. The normalized spacial score (nSPS) is 10.3. The van der Waals surface area contributed by atoms with Gasteiger partial charge < -0.3 is 4.90 Å². The molecule has 0 saturated carbocycles. The zero-order chi connectivity index (χ0) is 19.3. The third-order valence-corrected chi connectivity index (χ3v) is 4.66. The zero-order valence-electron chi connectivity index (χ0n) is 18.8. The van der Waals surface area contributed by atoms with Crippen LogP contribution in [0.3, 0.4) is 0 Å². The Kier molecular flexibility index (Phi) is 25.0. The minimum absolute atomic E-state index is 0. The Labute approximate surface area is 177 Å². The Hall–Kier alpha value is -0.530. The zero-order valence-corrected chi connectivity index (χ0v) is 19.7. The Morgan fingerprint density at radius 3 is 1.26 bits per heavy atom. The van der Waals surface area contributed by atoms with E-state index in [-0.39, 0.29) is 12.4 Å². The maximum atomic E-state index is 2.29. The van der Waals surface area contributed by atoms with E-state index in [2.05, 4.69) is 37.3 Å². The second-order valence-electron chi connectivity index (χ2n) is 8.17. The Morgan fingerprint density at radius 2 is 0.889 bits per heavy atom. The van der Waals surface area contributed by atoms with Crippen LogP contribution in [-0.2, 0) is 6.42 Å². The molecule has 0 aliphatic heterocycles. The van der Waals surface area contributed by atoms with Gasteiger partial charge in [-0.15, -0.1) is 12.4 Å². The molecule has 0 radical (unpaired) electrons. The van der Waals surface area contributed by atoms with Crippen molar-refractivity contribution in [2.75, 3.05) is 21.1 Å². The molecule has 0 atom stereocenters. The van der Waals surface area contributed by atoms with Crippen LogP contribution in [-0.4, -0.2) is 26.0 Å². The van der Waals surface area contributed by atoms with Crippen LogP contribution in [0.2, 0.25) is 0 Å². The summed E-state index contributed by atoms with van der Waals surface area (Å²) in [5.41, 5.74) is 1.50. The van der Waals surface area contributed by atoms with Crippen molar-refractivity contribution >= 4 is 12.4 Å². The highest BCUT2D eigenvalue weighted by molar-refractivity contribution is 5.85. The molecule has 1 nitrogen and oxygen atoms in total. The van der Waals surface area contributed by atoms with Crippen LogP contribution < -0.4 is 0 Å². The maximum Gasteiger partial charge on any atom is -0.0140 e. The lowest BCUT2D eigenvalue weighted by Gasteiger charge is -2.03. The summed E-state index contributed by atoms with van der Waals surface area (Å²) in [6, 6.07) is 10.9. The molecule has 0 fully saturated rings. The third kappa shape index (κ3) is 25.5. The minimum Gasteiger partial charge on any atom is -0.312 e. The summed E-state index contributed by atoms with van der Waals surface area (Å²) in [5.74, 6) is 0. The highest BCUT2D eigenvalue weighted by atomic mass is 35.5. The second kappa shape index (κ2) is 23.5. The van der Waals surface area contributed by atoms with Crippen molar-refractivity contribution in [1.82, 2.24) is 4.90 Å². The first-order valence-electron chi connectivity index (χ1n) is 11.3. The molecule has 2 heteroatoms. The van der Waals surface area contributed by atoms with Crippen molar-refractivity contribution < 1.29 is 0 Å². The fourth-order valence-electron chi connectivity index (χ4n) is 3.17. The topological polar surface area (TPSA) is 3.24 Å². The molecule has 0 saturated heterocycles. The first-order chi connectivity index (χ1) is 12.7. The van der Waals surface area contributed by atoms with Crippen molar-refractivity contribution in [3.05, 3.63) is 35.9 Å². The van der Waals surface area contributed by atoms with E-state index in [0.29, 0.717) is 0 Å². The van der Waals surface area contributed by atoms with E-state index < -0.39 is 0 Å². The molecule has 0 amide bonds. The van der Waals surface area contributed by atoms with Crippen LogP contribution in [0.4, 0.5) is 0 Å². The van der Waals surface area contributed by atoms with Gasteiger partial charge in [0.25, 0.3) is 0 Å². The van der Waals surface area contributed by atoms with Crippen LogP contribution in [0.25, 0.3) is 0 Å². The van der Waals surface area contributed by atoms with E-state index in [0.717, 1.165) is 0 Å². The molecule has 0 aliphatic carbocycles. The molecule has 0 bridgehead atoms. The van der Waals surface area contributed by atoms with E-state index in [1.54, 1.807) is 0 Å². The van der Waals surface area contributed by atoms with E-state index in [9.17, 15) is 0 Å². The summed E-state index contributed by atoms with van der Waals surface area (Å²) in [6.07, 6.45) is 21.5. The van der Waals surface area contributed by atoms with Gasteiger partial charge >= 0.3 is 0 Å². The summed E-state index contributed by atoms with van der Waals surface area (Å²) >= 11 is 0. The van der Waals surface area contributed by atoms with Crippen LogP contribution in [0.1, 0.15) is 102 Å². The first-order valence-corrected chi connectivity index (χ1v) is 11.3. The number of rotatable bonds is 15. The van der Waals surface area contributed by atoms with E-state index in [1.165, 1.54) is 102 Å². The molecule has 1 aromatic carbocycles. The molecule has 0 aliphatic rings. The highest BCUT2D eigenvalue weighted by Crippen LogP contribution is 2.13. The molecule has 0 heterocycles. The number of hydrogen-bond acceptors (Lipinski definition) is 1. The van der Waals surface area contributed by atoms with Crippen LogP contribution in [0.5, 0.6) is 0 Å². The van der Waals surface area contributed by atoms with Gasteiger partial charge in [-0.2, -0.15) is 0 Å². The number of aryl methyl sites for hydroxylation is 1. The van der Waals surface area contributed by atoms with Crippen LogP contribution in [0, 0.1) is 0 Å². The van der Waals surface area contributed by atoms with Crippen molar-refractivity contribution in [2.45, 2.75) is 103 Å². The van der Waals surface area contributed by atoms with Crippen LogP contribution in [0.15, 0.2) is 30.3 Å². The lowest BCUT2D eigenvalue weighted by Crippen LogP contribution is -1.99.